The van der Waals surface area contributed by atoms with Gasteiger partial charge in [-0.1, -0.05) is 202 Å². The van der Waals surface area contributed by atoms with Gasteiger partial charge in [-0.15, -0.1) is 0 Å². The van der Waals surface area contributed by atoms with Gasteiger partial charge in [0.1, 0.15) is 13.2 Å². The highest BCUT2D eigenvalue weighted by atomic mass is 16.6. The molecular formula is C46H88O6. The molecule has 0 saturated carbocycles. The first-order valence-electron chi connectivity index (χ1n) is 22.7. The van der Waals surface area contributed by atoms with Crippen LogP contribution in [0.1, 0.15) is 241 Å². The van der Waals surface area contributed by atoms with Gasteiger partial charge in [-0.2, -0.15) is 0 Å². The van der Waals surface area contributed by atoms with E-state index < -0.39 is 6.10 Å². The molecule has 6 nitrogen and oxygen atoms in total. The van der Waals surface area contributed by atoms with Crippen molar-refractivity contribution < 1.29 is 28.6 Å². The van der Waals surface area contributed by atoms with Crippen LogP contribution >= 0.6 is 0 Å². The van der Waals surface area contributed by atoms with Crippen molar-refractivity contribution in [3.05, 3.63) is 0 Å². The standard InChI is InChI=1S/C46H88O6/c1-7-41(5)33-27-21-15-11-9-10-12-16-23-29-35-44(47)50-38-43(52-46(49)37-31-25-19-18-22-28-34-42(6)8-2)39-51-45(48)36-30-24-17-13-14-20-26-32-40(3)4/h40-43H,7-39H2,1-6H3/t41?,42?,43-/m1/s1. The number of ether oxygens (including phenoxy) is 3. The van der Waals surface area contributed by atoms with Gasteiger partial charge in [-0.05, 0) is 37.0 Å². The Hall–Kier alpha value is -1.59. The van der Waals surface area contributed by atoms with Crippen LogP contribution in [-0.2, 0) is 28.6 Å². The molecule has 0 aliphatic carbocycles. The van der Waals surface area contributed by atoms with Gasteiger partial charge in [-0.25, -0.2) is 0 Å². The molecule has 0 rings (SSSR count). The topological polar surface area (TPSA) is 78.9 Å². The lowest BCUT2D eigenvalue weighted by molar-refractivity contribution is -0.167. The first-order valence-corrected chi connectivity index (χ1v) is 22.7. The highest BCUT2D eigenvalue weighted by Crippen LogP contribution is 2.17. The van der Waals surface area contributed by atoms with E-state index in [1.807, 2.05) is 0 Å². The normalized spacial score (nSPS) is 13.2. The van der Waals surface area contributed by atoms with E-state index in [-0.39, 0.29) is 31.1 Å². The van der Waals surface area contributed by atoms with Gasteiger partial charge >= 0.3 is 17.9 Å². The van der Waals surface area contributed by atoms with Crippen molar-refractivity contribution in [1.29, 1.82) is 0 Å². The number of carbonyl (C=O) groups excluding carboxylic acids is 3. The zero-order valence-electron chi connectivity index (χ0n) is 35.6. The summed E-state index contributed by atoms with van der Waals surface area (Å²) in [5, 5.41) is 0. The van der Waals surface area contributed by atoms with Gasteiger partial charge in [0.25, 0.3) is 0 Å². The predicted octanol–water partition coefficient (Wildman–Crippen LogP) is 14.0. The minimum atomic E-state index is -0.762. The molecule has 3 atom stereocenters. The van der Waals surface area contributed by atoms with E-state index in [9.17, 15) is 14.4 Å². The van der Waals surface area contributed by atoms with Gasteiger partial charge in [0.05, 0.1) is 0 Å². The van der Waals surface area contributed by atoms with Crippen molar-refractivity contribution in [3.8, 4) is 0 Å². The van der Waals surface area contributed by atoms with E-state index in [0.717, 1.165) is 75.5 Å². The maximum Gasteiger partial charge on any atom is 0.306 e. The summed E-state index contributed by atoms with van der Waals surface area (Å²) in [6.45, 7) is 13.6. The molecule has 0 bridgehead atoms. The molecule has 0 N–H and O–H groups in total. The SMILES string of the molecule is CCC(C)CCCCCCCCCCCCC(=O)OC[C@H](COC(=O)CCCCCCCCCC(C)C)OC(=O)CCCCCCCCC(C)CC. The quantitative estimate of drug-likeness (QED) is 0.0355. The van der Waals surface area contributed by atoms with Crippen LogP contribution in [0.4, 0.5) is 0 Å². The molecule has 6 heteroatoms. The van der Waals surface area contributed by atoms with Gasteiger partial charge in [0.2, 0.25) is 0 Å². The van der Waals surface area contributed by atoms with Crippen LogP contribution < -0.4 is 0 Å². The fourth-order valence-corrected chi connectivity index (χ4v) is 6.64. The summed E-state index contributed by atoms with van der Waals surface area (Å²) in [7, 11) is 0. The number of rotatable bonds is 39. The van der Waals surface area contributed by atoms with Crippen LogP contribution in [0.5, 0.6) is 0 Å². The molecular weight excluding hydrogens is 648 g/mol. The molecule has 0 amide bonds. The predicted molar refractivity (Wildman–Crippen MR) is 219 cm³/mol. The third-order valence-electron chi connectivity index (χ3n) is 10.9. The number of unbranched alkanes of at least 4 members (excludes halogenated alkanes) is 20. The maximum absolute atomic E-state index is 12.7. The largest absolute Gasteiger partial charge is 0.462 e. The second-order valence-electron chi connectivity index (χ2n) is 16.6. The third kappa shape index (κ3) is 36.8. The van der Waals surface area contributed by atoms with Crippen molar-refractivity contribution in [2.45, 2.75) is 247 Å². The van der Waals surface area contributed by atoms with Gasteiger partial charge in [-0.3, -0.25) is 14.4 Å². The number of carbonyl (C=O) groups is 3. The Balaban J connectivity index is 4.34. The number of hydrogen-bond donors (Lipinski definition) is 0. The molecule has 0 radical (unpaired) electrons. The van der Waals surface area contributed by atoms with E-state index >= 15 is 0 Å². The average molecular weight is 737 g/mol. The molecule has 0 aromatic carbocycles. The van der Waals surface area contributed by atoms with Crippen molar-refractivity contribution in [3.63, 3.8) is 0 Å². The van der Waals surface area contributed by atoms with Gasteiger partial charge < -0.3 is 14.2 Å². The Morgan fingerprint density at radius 3 is 1.00 bits per heavy atom. The Labute approximate surface area is 323 Å². The zero-order chi connectivity index (χ0) is 38.5. The number of esters is 3. The molecule has 308 valence electrons. The summed E-state index contributed by atoms with van der Waals surface area (Å²) in [5.74, 6) is 1.59. The van der Waals surface area contributed by atoms with Crippen LogP contribution in [0, 0.1) is 17.8 Å². The summed E-state index contributed by atoms with van der Waals surface area (Å²) in [6.07, 6.45) is 33.8. The molecule has 0 aliphatic heterocycles. The third-order valence-corrected chi connectivity index (χ3v) is 10.9. The van der Waals surface area contributed by atoms with Gasteiger partial charge in [0, 0.05) is 19.3 Å². The molecule has 0 heterocycles. The zero-order valence-corrected chi connectivity index (χ0v) is 35.6. The van der Waals surface area contributed by atoms with E-state index in [4.69, 9.17) is 14.2 Å². The van der Waals surface area contributed by atoms with Crippen LogP contribution in [0.25, 0.3) is 0 Å². The fraction of sp³-hybridized carbons (Fsp3) is 0.935. The summed E-state index contributed by atoms with van der Waals surface area (Å²) in [5.41, 5.74) is 0. The Kier molecular flexibility index (Phi) is 36.6. The molecule has 0 fully saturated rings. The minimum absolute atomic E-state index is 0.0673. The van der Waals surface area contributed by atoms with Crippen LogP contribution in [0.2, 0.25) is 0 Å². The Morgan fingerprint density at radius 1 is 0.385 bits per heavy atom. The second-order valence-corrected chi connectivity index (χ2v) is 16.6. The summed E-state index contributed by atoms with van der Waals surface area (Å²) in [4.78, 5) is 37.7. The summed E-state index contributed by atoms with van der Waals surface area (Å²) in [6, 6.07) is 0. The maximum atomic E-state index is 12.7. The molecule has 52 heavy (non-hydrogen) atoms. The van der Waals surface area contributed by atoms with Crippen molar-refractivity contribution in [2.24, 2.45) is 17.8 Å². The fourth-order valence-electron chi connectivity index (χ4n) is 6.64. The molecule has 0 aromatic heterocycles. The highest BCUT2D eigenvalue weighted by molar-refractivity contribution is 5.71. The first kappa shape index (κ1) is 50.4. The lowest BCUT2D eigenvalue weighted by atomic mass is 9.99. The molecule has 2 unspecified atom stereocenters. The average Bonchev–Trinajstić information content (AvgIpc) is 3.12. The smallest absolute Gasteiger partial charge is 0.306 e. The molecule has 0 saturated heterocycles. The lowest BCUT2D eigenvalue weighted by Crippen LogP contribution is -2.30. The van der Waals surface area contributed by atoms with E-state index in [1.54, 1.807) is 0 Å². The molecule has 0 aromatic rings. The Morgan fingerprint density at radius 2 is 0.673 bits per heavy atom. The minimum Gasteiger partial charge on any atom is -0.462 e. The van der Waals surface area contributed by atoms with Crippen molar-refractivity contribution >= 4 is 17.9 Å². The summed E-state index contributed by atoms with van der Waals surface area (Å²) < 4.78 is 16.7. The van der Waals surface area contributed by atoms with Crippen LogP contribution in [0.3, 0.4) is 0 Å². The van der Waals surface area contributed by atoms with Crippen LogP contribution in [-0.4, -0.2) is 37.2 Å². The van der Waals surface area contributed by atoms with Crippen molar-refractivity contribution in [2.75, 3.05) is 13.2 Å². The first-order chi connectivity index (χ1) is 25.2. The van der Waals surface area contributed by atoms with Crippen molar-refractivity contribution in [1.82, 2.24) is 0 Å². The number of hydrogen-bond acceptors (Lipinski definition) is 6. The monoisotopic (exact) mass is 737 g/mol. The second kappa shape index (κ2) is 37.7. The van der Waals surface area contributed by atoms with Gasteiger partial charge in [0.15, 0.2) is 6.10 Å². The molecule has 0 aliphatic rings. The van der Waals surface area contributed by atoms with E-state index in [1.165, 1.54) is 122 Å². The van der Waals surface area contributed by atoms with E-state index in [2.05, 4.69) is 41.5 Å². The molecule has 0 spiro atoms. The van der Waals surface area contributed by atoms with E-state index in [0.29, 0.717) is 19.3 Å². The van der Waals surface area contributed by atoms with Crippen LogP contribution in [0.15, 0.2) is 0 Å². The summed E-state index contributed by atoms with van der Waals surface area (Å²) >= 11 is 0. The highest BCUT2D eigenvalue weighted by Gasteiger charge is 2.19. The Bertz CT molecular complexity index is 811. The lowest BCUT2D eigenvalue weighted by Gasteiger charge is -2.18.